The molecule has 29 heavy (non-hydrogen) atoms. The van der Waals surface area contributed by atoms with Gasteiger partial charge in [0.2, 0.25) is 0 Å². The average molecular weight is 398 g/mol. The first-order valence-electron chi connectivity index (χ1n) is 11.5. The largest absolute Gasteiger partial charge is 0.448 e. The Morgan fingerprint density at radius 1 is 1.07 bits per heavy atom. The van der Waals surface area contributed by atoms with Crippen molar-refractivity contribution in [3.63, 3.8) is 0 Å². The summed E-state index contributed by atoms with van der Waals surface area (Å²) in [6.45, 7) is 11.8. The Balaban J connectivity index is 1.28. The monoisotopic (exact) mass is 397 g/mol. The van der Waals surface area contributed by atoms with Crippen LogP contribution in [-0.4, -0.2) is 40.9 Å². The van der Waals surface area contributed by atoms with Crippen molar-refractivity contribution in [1.82, 2.24) is 5.01 Å². The van der Waals surface area contributed by atoms with Crippen molar-refractivity contribution in [3.05, 3.63) is 0 Å². The molecule has 156 valence electrons. The Kier molecular flexibility index (Phi) is 2.69. The molecule has 5 aliphatic carbocycles. The number of ether oxygens (including phenoxy) is 1. The second-order valence-electron chi connectivity index (χ2n) is 11.8. The zero-order valence-corrected chi connectivity index (χ0v) is 18.0. The van der Waals surface area contributed by atoms with E-state index in [1.807, 2.05) is 6.92 Å². The maximum absolute atomic E-state index is 12.5. The molecule has 0 unspecified atom stereocenters. The third kappa shape index (κ3) is 1.40. The van der Waals surface area contributed by atoms with Gasteiger partial charge in [0.05, 0.1) is 29.8 Å². The molecule has 5 saturated carbocycles. The lowest BCUT2D eigenvalue weighted by Gasteiger charge is -2.69. The van der Waals surface area contributed by atoms with Crippen LogP contribution in [-0.2, 0) is 4.74 Å². The smallest absolute Gasteiger partial charge is 0.432 e. The van der Waals surface area contributed by atoms with Crippen LogP contribution in [0, 0.1) is 46.3 Å². The van der Waals surface area contributed by atoms with Crippen LogP contribution < -0.4 is 0 Å². The lowest BCUT2D eigenvalue weighted by molar-refractivity contribution is -0.199. The molecule has 6 bridgehead atoms. The van der Waals surface area contributed by atoms with Gasteiger partial charge < -0.3 is 4.74 Å². The molecule has 2 aliphatic heterocycles. The van der Waals surface area contributed by atoms with Gasteiger partial charge in [0, 0.05) is 10.8 Å². The highest BCUT2D eigenvalue weighted by Crippen LogP contribution is 2.87. The van der Waals surface area contributed by atoms with Crippen LogP contribution in [0.4, 0.5) is 4.79 Å². The predicted octanol–water partition coefficient (Wildman–Crippen LogP) is 4.49. The highest BCUT2D eigenvalue weighted by molar-refractivity contribution is 5.68. The summed E-state index contributed by atoms with van der Waals surface area (Å²) in [5.74, 6) is 3.81. The fourth-order valence-electron chi connectivity index (χ4n) is 10.1. The van der Waals surface area contributed by atoms with Gasteiger partial charge in [0.15, 0.2) is 0 Å². The maximum Gasteiger partial charge on any atom is 0.432 e. The molecule has 1 spiro atoms. The number of carbonyl (C=O) groups is 1. The molecule has 0 saturated heterocycles. The molecular weight excluding hydrogens is 366 g/mol. The van der Waals surface area contributed by atoms with Gasteiger partial charge in [-0.15, -0.1) is 0 Å². The van der Waals surface area contributed by atoms with E-state index in [-0.39, 0.29) is 34.7 Å². The van der Waals surface area contributed by atoms with Crippen LogP contribution in [0.5, 0.6) is 0 Å². The quantitative estimate of drug-likeness (QED) is 0.653. The van der Waals surface area contributed by atoms with E-state index in [1.54, 1.807) is 5.01 Å². The van der Waals surface area contributed by atoms with Gasteiger partial charge >= 0.3 is 6.09 Å². The SMILES string of the molecule is CCOC(=O)N1N=N[C@H]2[C@H]3C[C@H]([C@H]4[C@H]5C[C@]6(C[C@@H]34)[C@@H]5[C@@]3(C)N=N[C@]6(C)C3(C)C)[C@H]21. The number of nitrogens with zero attached hydrogens (tertiary/aromatic N) is 5. The number of hydrogen-bond donors (Lipinski definition) is 0. The molecule has 0 aromatic heterocycles. The highest BCUT2D eigenvalue weighted by atomic mass is 16.6. The average Bonchev–Trinajstić information content (AvgIpc) is 3.38. The fraction of sp³-hybridized carbons (Fsp3) is 0.955. The number of fused-ring (bicyclic) bond motifs is 14. The number of carbonyl (C=O) groups excluding carboxylic acids is 1. The van der Waals surface area contributed by atoms with Crippen LogP contribution in [0.1, 0.15) is 53.9 Å². The predicted molar refractivity (Wildman–Crippen MR) is 104 cm³/mol. The summed E-state index contributed by atoms with van der Waals surface area (Å²) in [7, 11) is 0. The van der Waals surface area contributed by atoms with Crippen molar-refractivity contribution in [2.24, 2.45) is 66.9 Å². The summed E-state index contributed by atoms with van der Waals surface area (Å²) < 4.78 is 5.29. The molecule has 11 atom stereocenters. The number of hydrogen-bond acceptors (Lipinski definition) is 6. The van der Waals surface area contributed by atoms with E-state index in [0.29, 0.717) is 47.5 Å². The zero-order valence-electron chi connectivity index (χ0n) is 18.0. The molecule has 5 fully saturated rings. The summed E-state index contributed by atoms with van der Waals surface area (Å²) in [5, 5.41) is 20.4. The van der Waals surface area contributed by atoms with Crippen molar-refractivity contribution < 1.29 is 9.53 Å². The van der Waals surface area contributed by atoms with E-state index in [4.69, 9.17) is 15.0 Å². The van der Waals surface area contributed by atoms with Gasteiger partial charge in [-0.25, -0.2) is 4.79 Å². The summed E-state index contributed by atoms with van der Waals surface area (Å²) >= 11 is 0. The van der Waals surface area contributed by atoms with E-state index in [9.17, 15) is 4.79 Å². The Labute approximate surface area is 171 Å². The molecule has 0 aromatic rings. The van der Waals surface area contributed by atoms with Gasteiger partial charge in [-0.2, -0.15) is 20.4 Å². The van der Waals surface area contributed by atoms with Crippen molar-refractivity contribution >= 4 is 6.09 Å². The van der Waals surface area contributed by atoms with E-state index < -0.39 is 0 Å². The third-order valence-corrected chi connectivity index (χ3v) is 11.6. The third-order valence-electron chi connectivity index (χ3n) is 11.6. The Hall–Kier alpha value is -1.53. The maximum atomic E-state index is 12.5. The Bertz CT molecular complexity index is 902. The Morgan fingerprint density at radius 2 is 1.83 bits per heavy atom. The fourth-order valence-corrected chi connectivity index (χ4v) is 10.1. The van der Waals surface area contributed by atoms with Crippen LogP contribution in [0.25, 0.3) is 0 Å². The minimum atomic E-state index is -0.319. The normalized spacial score (nSPS) is 60.8. The van der Waals surface area contributed by atoms with E-state index >= 15 is 0 Å². The molecule has 0 radical (unpaired) electrons. The first-order chi connectivity index (χ1) is 13.7. The topological polar surface area (TPSA) is 79.0 Å². The standard InChI is InChI=1S/C22H31N5O2/c1-6-29-18(28)27-16-11-7-10(15(16)23-26-27)12-8-22-9-13(14(11)12)17(22)20(4)19(2,3)21(22,5)25-24-20/h10-17H,6-9H2,1-5H3/t10-,11+,12-,13+,14+,15-,16+,17-,20+,21+,22+/m0/s1. The molecule has 1 amide bonds. The summed E-state index contributed by atoms with van der Waals surface area (Å²) in [6.07, 6.45) is 3.44. The van der Waals surface area contributed by atoms with Gasteiger partial charge in [-0.3, -0.25) is 0 Å². The van der Waals surface area contributed by atoms with E-state index in [1.165, 1.54) is 19.3 Å². The lowest BCUT2D eigenvalue weighted by Crippen LogP contribution is -2.68. The van der Waals surface area contributed by atoms with Crippen LogP contribution in [0.15, 0.2) is 20.6 Å². The van der Waals surface area contributed by atoms with E-state index in [2.05, 4.69) is 38.0 Å². The summed E-state index contributed by atoms with van der Waals surface area (Å²) in [5.41, 5.74) is 0.317. The summed E-state index contributed by atoms with van der Waals surface area (Å²) in [6, 6.07) is 0.291. The molecule has 7 nitrogen and oxygen atoms in total. The van der Waals surface area contributed by atoms with Crippen molar-refractivity contribution in [2.75, 3.05) is 6.61 Å². The molecule has 0 N–H and O–H groups in total. The Morgan fingerprint density at radius 3 is 2.59 bits per heavy atom. The molecular formula is C22H31N5O2. The van der Waals surface area contributed by atoms with Crippen LogP contribution in [0.3, 0.4) is 0 Å². The minimum Gasteiger partial charge on any atom is -0.448 e. The summed E-state index contributed by atoms with van der Waals surface area (Å²) in [4.78, 5) is 12.5. The van der Waals surface area contributed by atoms with Gasteiger partial charge in [0.25, 0.3) is 0 Å². The number of azo groups is 1. The molecule has 7 heteroatoms. The molecule has 7 rings (SSSR count). The van der Waals surface area contributed by atoms with Crippen LogP contribution >= 0.6 is 0 Å². The lowest BCUT2D eigenvalue weighted by atomic mass is 9.36. The highest BCUT2D eigenvalue weighted by Gasteiger charge is 2.88. The second kappa shape index (κ2) is 4.54. The van der Waals surface area contributed by atoms with Gasteiger partial charge in [-0.05, 0) is 75.5 Å². The number of rotatable bonds is 1. The van der Waals surface area contributed by atoms with Gasteiger partial charge in [-0.1, -0.05) is 19.1 Å². The first kappa shape index (κ1) is 17.2. The number of amides is 1. The molecule has 0 aromatic carbocycles. The second-order valence-corrected chi connectivity index (χ2v) is 11.8. The zero-order chi connectivity index (χ0) is 20.1. The minimum absolute atomic E-state index is 0.0454. The first-order valence-corrected chi connectivity index (χ1v) is 11.5. The molecule has 7 aliphatic rings. The van der Waals surface area contributed by atoms with Crippen molar-refractivity contribution in [2.45, 2.75) is 77.0 Å². The van der Waals surface area contributed by atoms with Gasteiger partial charge in [0.1, 0.15) is 0 Å². The molecule has 2 heterocycles. The van der Waals surface area contributed by atoms with E-state index in [0.717, 1.165) is 0 Å². The van der Waals surface area contributed by atoms with Crippen molar-refractivity contribution in [1.29, 1.82) is 0 Å². The van der Waals surface area contributed by atoms with Crippen molar-refractivity contribution in [3.8, 4) is 0 Å². The van der Waals surface area contributed by atoms with Crippen LogP contribution in [0.2, 0.25) is 0 Å².